The summed E-state index contributed by atoms with van der Waals surface area (Å²) >= 11 is 0. The van der Waals surface area contributed by atoms with Gasteiger partial charge in [0.1, 0.15) is 11.5 Å². The topological polar surface area (TPSA) is 96.9 Å². The SMILES string of the molecule is COc1ccc(C(=O)Nc2cc(C(=O)NO)ccc2OC)cc1. The van der Waals surface area contributed by atoms with Gasteiger partial charge in [0.25, 0.3) is 11.8 Å². The second kappa shape index (κ2) is 7.28. The van der Waals surface area contributed by atoms with Crippen molar-refractivity contribution in [2.75, 3.05) is 19.5 Å². The maximum absolute atomic E-state index is 12.3. The lowest BCUT2D eigenvalue weighted by atomic mass is 10.1. The predicted molar refractivity (Wildman–Crippen MR) is 83.2 cm³/mol. The van der Waals surface area contributed by atoms with Crippen molar-refractivity contribution in [3.8, 4) is 11.5 Å². The zero-order valence-corrected chi connectivity index (χ0v) is 12.6. The second-order valence-electron chi connectivity index (χ2n) is 4.54. The minimum Gasteiger partial charge on any atom is -0.497 e. The number of amides is 2. The summed E-state index contributed by atoms with van der Waals surface area (Å²) < 4.78 is 10.2. The van der Waals surface area contributed by atoms with Gasteiger partial charge in [0.05, 0.1) is 19.9 Å². The van der Waals surface area contributed by atoms with Crippen molar-refractivity contribution in [1.29, 1.82) is 0 Å². The van der Waals surface area contributed by atoms with E-state index in [2.05, 4.69) is 5.32 Å². The van der Waals surface area contributed by atoms with Crippen LogP contribution >= 0.6 is 0 Å². The van der Waals surface area contributed by atoms with E-state index in [1.54, 1.807) is 24.3 Å². The molecule has 0 saturated heterocycles. The summed E-state index contributed by atoms with van der Waals surface area (Å²) in [5.74, 6) is -0.0257. The van der Waals surface area contributed by atoms with Crippen molar-refractivity contribution in [3.63, 3.8) is 0 Å². The predicted octanol–water partition coefficient (Wildman–Crippen LogP) is 2.08. The first-order chi connectivity index (χ1) is 11.1. The van der Waals surface area contributed by atoms with Crippen molar-refractivity contribution >= 4 is 17.5 Å². The largest absolute Gasteiger partial charge is 0.497 e. The highest BCUT2D eigenvalue weighted by Gasteiger charge is 2.13. The number of hydrogen-bond donors (Lipinski definition) is 3. The van der Waals surface area contributed by atoms with Crippen LogP contribution in [0.3, 0.4) is 0 Å². The molecule has 0 fully saturated rings. The molecule has 0 aliphatic rings. The van der Waals surface area contributed by atoms with Crippen LogP contribution in [0.4, 0.5) is 5.69 Å². The molecule has 0 radical (unpaired) electrons. The Morgan fingerprint density at radius 1 is 0.913 bits per heavy atom. The van der Waals surface area contributed by atoms with Crippen LogP contribution in [-0.4, -0.2) is 31.2 Å². The second-order valence-corrected chi connectivity index (χ2v) is 4.54. The third-order valence-corrected chi connectivity index (χ3v) is 3.16. The van der Waals surface area contributed by atoms with Crippen LogP contribution in [0.2, 0.25) is 0 Å². The number of carbonyl (C=O) groups excluding carboxylic acids is 2. The van der Waals surface area contributed by atoms with Gasteiger partial charge in [0.15, 0.2) is 0 Å². The fourth-order valence-electron chi connectivity index (χ4n) is 1.95. The summed E-state index contributed by atoms with van der Waals surface area (Å²) in [7, 11) is 2.99. The van der Waals surface area contributed by atoms with E-state index < -0.39 is 5.91 Å². The maximum atomic E-state index is 12.3. The van der Waals surface area contributed by atoms with Crippen LogP contribution in [0.5, 0.6) is 11.5 Å². The van der Waals surface area contributed by atoms with E-state index in [1.165, 1.54) is 37.9 Å². The van der Waals surface area contributed by atoms with Gasteiger partial charge in [-0.1, -0.05) is 0 Å². The van der Waals surface area contributed by atoms with Crippen LogP contribution in [-0.2, 0) is 0 Å². The number of carbonyl (C=O) groups is 2. The van der Waals surface area contributed by atoms with E-state index in [1.807, 2.05) is 0 Å². The number of rotatable bonds is 5. The van der Waals surface area contributed by atoms with Crippen LogP contribution in [0, 0.1) is 0 Å². The fraction of sp³-hybridized carbons (Fsp3) is 0.125. The Morgan fingerprint density at radius 3 is 2.13 bits per heavy atom. The average molecular weight is 316 g/mol. The fourth-order valence-corrected chi connectivity index (χ4v) is 1.95. The Hall–Kier alpha value is -3.06. The minimum atomic E-state index is -0.687. The number of benzene rings is 2. The first-order valence-corrected chi connectivity index (χ1v) is 6.67. The molecule has 0 aromatic heterocycles. The molecule has 2 aromatic rings. The zero-order chi connectivity index (χ0) is 16.8. The van der Waals surface area contributed by atoms with Crippen LogP contribution < -0.4 is 20.3 Å². The molecule has 0 aliphatic carbocycles. The highest BCUT2D eigenvalue weighted by molar-refractivity contribution is 6.06. The third-order valence-electron chi connectivity index (χ3n) is 3.16. The smallest absolute Gasteiger partial charge is 0.274 e. The van der Waals surface area contributed by atoms with Crippen molar-refractivity contribution < 1.29 is 24.3 Å². The van der Waals surface area contributed by atoms with Crippen molar-refractivity contribution in [2.45, 2.75) is 0 Å². The van der Waals surface area contributed by atoms with Crippen molar-refractivity contribution in [2.24, 2.45) is 0 Å². The van der Waals surface area contributed by atoms with Crippen LogP contribution in [0.25, 0.3) is 0 Å². The molecule has 2 aromatic carbocycles. The van der Waals surface area contributed by atoms with Gasteiger partial charge < -0.3 is 14.8 Å². The van der Waals surface area contributed by atoms with Crippen LogP contribution in [0.1, 0.15) is 20.7 Å². The van der Waals surface area contributed by atoms with Gasteiger partial charge >= 0.3 is 0 Å². The highest BCUT2D eigenvalue weighted by atomic mass is 16.5. The van der Waals surface area contributed by atoms with Gasteiger partial charge in [-0.2, -0.15) is 0 Å². The van der Waals surface area contributed by atoms with E-state index in [9.17, 15) is 9.59 Å². The summed E-state index contributed by atoms with van der Waals surface area (Å²) in [5, 5.41) is 11.4. The number of anilines is 1. The molecular weight excluding hydrogens is 300 g/mol. The standard InChI is InChI=1S/C16H16N2O5/c1-22-12-6-3-10(4-7-12)15(19)17-13-9-11(16(20)18-21)5-8-14(13)23-2/h3-9,21H,1-2H3,(H,17,19)(H,18,20). The molecule has 0 saturated carbocycles. The summed E-state index contributed by atoms with van der Waals surface area (Å²) in [4.78, 5) is 23.7. The molecular formula is C16H16N2O5. The quantitative estimate of drug-likeness (QED) is 0.579. The van der Waals surface area contributed by atoms with E-state index in [4.69, 9.17) is 14.7 Å². The molecule has 120 valence electrons. The number of nitrogens with one attached hydrogen (secondary N) is 2. The number of hydroxylamine groups is 1. The van der Waals surface area contributed by atoms with Crippen molar-refractivity contribution in [3.05, 3.63) is 53.6 Å². The molecule has 0 spiro atoms. The average Bonchev–Trinajstić information content (AvgIpc) is 2.60. The normalized spacial score (nSPS) is 9.87. The third kappa shape index (κ3) is 3.78. The Labute approximate surface area is 132 Å². The first-order valence-electron chi connectivity index (χ1n) is 6.67. The molecule has 0 atom stereocenters. The Kier molecular flexibility index (Phi) is 5.16. The lowest BCUT2D eigenvalue weighted by Gasteiger charge is -2.12. The molecule has 7 nitrogen and oxygen atoms in total. The molecule has 0 heterocycles. The van der Waals surface area contributed by atoms with E-state index in [-0.39, 0.29) is 11.5 Å². The molecule has 0 bridgehead atoms. The molecule has 0 unspecified atom stereocenters. The van der Waals surface area contributed by atoms with Gasteiger partial charge in [0, 0.05) is 11.1 Å². The lowest BCUT2D eigenvalue weighted by Crippen LogP contribution is -2.19. The Morgan fingerprint density at radius 2 is 1.57 bits per heavy atom. The Balaban J connectivity index is 2.26. The van der Waals surface area contributed by atoms with Gasteiger partial charge in [-0.15, -0.1) is 0 Å². The van der Waals surface area contributed by atoms with Gasteiger partial charge in [-0.3, -0.25) is 14.8 Å². The van der Waals surface area contributed by atoms with E-state index >= 15 is 0 Å². The lowest BCUT2D eigenvalue weighted by molar-refractivity contribution is 0.0706. The Bertz CT molecular complexity index is 713. The molecule has 0 aliphatic heterocycles. The van der Waals surface area contributed by atoms with Gasteiger partial charge in [-0.05, 0) is 42.5 Å². The summed E-state index contributed by atoms with van der Waals surface area (Å²) in [6.45, 7) is 0. The zero-order valence-electron chi connectivity index (χ0n) is 12.6. The molecule has 3 N–H and O–H groups in total. The van der Waals surface area contributed by atoms with Crippen molar-refractivity contribution in [1.82, 2.24) is 5.48 Å². The number of methoxy groups -OCH3 is 2. The molecule has 2 rings (SSSR count). The summed E-state index contributed by atoms with van der Waals surface area (Å²) in [6.07, 6.45) is 0. The molecule has 2 amide bonds. The summed E-state index contributed by atoms with van der Waals surface area (Å²) in [6, 6.07) is 11.0. The van der Waals surface area contributed by atoms with Gasteiger partial charge in [-0.25, -0.2) is 5.48 Å². The first kappa shape index (κ1) is 16.3. The molecule has 23 heavy (non-hydrogen) atoms. The monoisotopic (exact) mass is 316 g/mol. The van der Waals surface area contributed by atoms with Crippen LogP contribution in [0.15, 0.2) is 42.5 Å². The highest BCUT2D eigenvalue weighted by Crippen LogP contribution is 2.26. The van der Waals surface area contributed by atoms with E-state index in [0.29, 0.717) is 22.7 Å². The van der Waals surface area contributed by atoms with Gasteiger partial charge in [0.2, 0.25) is 0 Å². The maximum Gasteiger partial charge on any atom is 0.274 e. The number of hydrogen-bond acceptors (Lipinski definition) is 5. The molecule has 7 heteroatoms. The summed E-state index contributed by atoms with van der Waals surface area (Å²) in [5.41, 5.74) is 2.45. The van der Waals surface area contributed by atoms with E-state index in [0.717, 1.165) is 0 Å². The minimum absolute atomic E-state index is 0.179. The number of ether oxygens (including phenoxy) is 2.